The van der Waals surface area contributed by atoms with Crippen molar-refractivity contribution in [3.8, 4) is 0 Å². The van der Waals surface area contributed by atoms with Gasteiger partial charge in [0.1, 0.15) is 0 Å². The molecule has 2 N–H and O–H groups in total. The number of likely N-dealkylation sites (N-methyl/N-ethyl adjacent to an activating group) is 1. The number of hydrogen-bond donors (Lipinski definition) is 2. The number of sulfonamides is 1. The molecule has 0 saturated heterocycles. The molecule has 0 bridgehead atoms. The smallest absolute Gasteiger partial charge is 0.240 e. The van der Waals surface area contributed by atoms with Crippen LogP contribution in [-0.2, 0) is 14.8 Å². The molecule has 9 heteroatoms. The Labute approximate surface area is 166 Å². The lowest BCUT2D eigenvalue weighted by Gasteiger charge is -2.24. The van der Waals surface area contributed by atoms with Gasteiger partial charge < -0.3 is 10.2 Å². The minimum atomic E-state index is -3.61. The predicted molar refractivity (Wildman–Crippen MR) is 108 cm³/mol. The van der Waals surface area contributed by atoms with Crippen molar-refractivity contribution < 1.29 is 13.2 Å². The van der Waals surface area contributed by atoms with Crippen LogP contribution in [0.15, 0.2) is 50.5 Å². The van der Waals surface area contributed by atoms with Gasteiger partial charge in [0.2, 0.25) is 15.9 Å². The van der Waals surface area contributed by atoms with Crippen molar-refractivity contribution >= 4 is 43.2 Å². The Kier molecular flexibility index (Phi) is 7.78. The van der Waals surface area contributed by atoms with Crippen LogP contribution in [0.3, 0.4) is 0 Å². The Hall–Kier alpha value is -1.26. The average molecular weight is 460 g/mol. The highest BCUT2D eigenvalue weighted by Crippen LogP contribution is 2.20. The Morgan fingerprint density at radius 1 is 1.23 bits per heavy atom. The van der Waals surface area contributed by atoms with Crippen LogP contribution in [0.2, 0.25) is 0 Å². The summed E-state index contributed by atoms with van der Waals surface area (Å²) in [5.41, 5.74) is 1.15. The lowest BCUT2D eigenvalue weighted by Crippen LogP contribution is -2.36. The second kappa shape index (κ2) is 9.61. The first kappa shape index (κ1) is 21.0. The highest BCUT2D eigenvalue weighted by atomic mass is 79.9. The van der Waals surface area contributed by atoms with Crippen molar-refractivity contribution in [3.05, 3.63) is 51.1 Å². The zero-order valence-corrected chi connectivity index (χ0v) is 17.8. The Morgan fingerprint density at radius 2 is 1.92 bits per heavy atom. The van der Waals surface area contributed by atoms with E-state index in [0.717, 1.165) is 10.0 Å². The molecule has 2 aromatic rings. The highest BCUT2D eigenvalue weighted by Gasteiger charge is 2.17. The lowest BCUT2D eigenvalue weighted by molar-refractivity contribution is -0.121. The maximum absolute atomic E-state index is 12.2. The van der Waals surface area contributed by atoms with E-state index in [0.29, 0.717) is 6.54 Å². The summed E-state index contributed by atoms with van der Waals surface area (Å²) >= 11 is 4.88. The number of halogens is 1. The predicted octanol–water partition coefficient (Wildman–Crippen LogP) is 2.60. The van der Waals surface area contributed by atoms with E-state index < -0.39 is 10.0 Å². The van der Waals surface area contributed by atoms with Gasteiger partial charge in [0.05, 0.1) is 10.9 Å². The summed E-state index contributed by atoms with van der Waals surface area (Å²) < 4.78 is 27.6. The molecule has 1 unspecified atom stereocenters. The van der Waals surface area contributed by atoms with Gasteiger partial charge in [-0.3, -0.25) is 4.79 Å². The number of thiophene rings is 1. The van der Waals surface area contributed by atoms with Gasteiger partial charge in [0.15, 0.2) is 0 Å². The standard InChI is InChI=1S/C17H22BrN3O3S2/c1-21(2)16(13-8-10-25-12-13)11-19-17(22)7-9-20-26(23,24)15-5-3-14(18)4-6-15/h3-6,8,10,12,16,20H,7,9,11H2,1-2H3,(H,19,22). The van der Waals surface area contributed by atoms with Crippen LogP contribution in [0.5, 0.6) is 0 Å². The molecule has 142 valence electrons. The van der Waals surface area contributed by atoms with Crippen LogP contribution < -0.4 is 10.0 Å². The molecular formula is C17H22BrN3O3S2. The van der Waals surface area contributed by atoms with E-state index >= 15 is 0 Å². The van der Waals surface area contributed by atoms with Crippen LogP contribution in [0.25, 0.3) is 0 Å². The molecule has 0 radical (unpaired) electrons. The maximum Gasteiger partial charge on any atom is 0.240 e. The van der Waals surface area contributed by atoms with Gasteiger partial charge in [-0.15, -0.1) is 0 Å². The topological polar surface area (TPSA) is 78.5 Å². The summed E-state index contributed by atoms with van der Waals surface area (Å²) in [5.74, 6) is -0.189. The molecule has 1 aromatic carbocycles. The van der Waals surface area contributed by atoms with Crippen molar-refractivity contribution in [2.24, 2.45) is 0 Å². The van der Waals surface area contributed by atoms with E-state index in [1.807, 2.05) is 30.4 Å². The molecule has 0 fully saturated rings. The number of carbonyl (C=O) groups excluding carboxylic acids is 1. The minimum Gasteiger partial charge on any atom is -0.354 e. The fourth-order valence-corrected chi connectivity index (χ4v) is 4.36. The zero-order chi connectivity index (χ0) is 19.2. The molecule has 0 aliphatic carbocycles. The third kappa shape index (κ3) is 6.17. The summed E-state index contributed by atoms with van der Waals surface area (Å²) in [4.78, 5) is 14.3. The normalized spacial score (nSPS) is 12.9. The zero-order valence-electron chi connectivity index (χ0n) is 14.6. The van der Waals surface area contributed by atoms with Gasteiger partial charge in [-0.25, -0.2) is 13.1 Å². The molecule has 1 heterocycles. The second-order valence-electron chi connectivity index (χ2n) is 5.94. The molecule has 1 aromatic heterocycles. The van der Waals surface area contributed by atoms with Crippen molar-refractivity contribution in [3.63, 3.8) is 0 Å². The van der Waals surface area contributed by atoms with Crippen LogP contribution in [0.1, 0.15) is 18.0 Å². The van der Waals surface area contributed by atoms with Crippen LogP contribution in [0, 0.1) is 0 Å². The molecule has 6 nitrogen and oxygen atoms in total. The molecule has 1 atom stereocenters. The third-order valence-corrected chi connectivity index (χ3v) is 6.52. The first-order chi connectivity index (χ1) is 12.3. The number of benzene rings is 1. The summed E-state index contributed by atoms with van der Waals surface area (Å²) in [5, 5.41) is 6.93. The number of hydrogen-bond acceptors (Lipinski definition) is 5. The molecular weight excluding hydrogens is 438 g/mol. The van der Waals surface area contributed by atoms with E-state index in [9.17, 15) is 13.2 Å². The number of rotatable bonds is 9. The van der Waals surface area contributed by atoms with Crippen molar-refractivity contribution in [1.29, 1.82) is 0 Å². The van der Waals surface area contributed by atoms with E-state index in [1.54, 1.807) is 23.5 Å². The number of nitrogens with one attached hydrogen (secondary N) is 2. The molecule has 0 aliphatic heterocycles. The quantitative estimate of drug-likeness (QED) is 0.603. The fourth-order valence-electron chi connectivity index (χ4n) is 2.36. The largest absolute Gasteiger partial charge is 0.354 e. The van der Waals surface area contributed by atoms with E-state index in [4.69, 9.17) is 0 Å². The Morgan fingerprint density at radius 3 is 2.50 bits per heavy atom. The van der Waals surface area contributed by atoms with Crippen molar-refractivity contribution in [2.75, 3.05) is 27.2 Å². The minimum absolute atomic E-state index is 0.0509. The Bertz CT molecular complexity index is 806. The highest BCUT2D eigenvalue weighted by molar-refractivity contribution is 9.10. The van der Waals surface area contributed by atoms with E-state index in [2.05, 4.69) is 31.3 Å². The molecule has 2 rings (SSSR count). The lowest BCUT2D eigenvalue weighted by atomic mass is 10.1. The average Bonchev–Trinajstić information content (AvgIpc) is 3.09. The number of amides is 1. The third-order valence-electron chi connectivity index (χ3n) is 3.81. The monoisotopic (exact) mass is 459 g/mol. The molecule has 0 aliphatic rings. The fraction of sp³-hybridized carbons (Fsp3) is 0.353. The first-order valence-corrected chi connectivity index (χ1v) is 11.2. The van der Waals surface area contributed by atoms with Crippen LogP contribution in [-0.4, -0.2) is 46.4 Å². The van der Waals surface area contributed by atoms with Gasteiger partial charge in [0.25, 0.3) is 0 Å². The second-order valence-corrected chi connectivity index (χ2v) is 9.40. The van der Waals surface area contributed by atoms with Crippen LogP contribution >= 0.6 is 27.3 Å². The van der Waals surface area contributed by atoms with Gasteiger partial charge in [-0.05, 0) is 60.8 Å². The van der Waals surface area contributed by atoms with Gasteiger partial charge in [-0.1, -0.05) is 15.9 Å². The maximum atomic E-state index is 12.2. The SMILES string of the molecule is CN(C)C(CNC(=O)CCNS(=O)(=O)c1ccc(Br)cc1)c1ccsc1. The van der Waals surface area contributed by atoms with Gasteiger partial charge in [0, 0.05) is 24.0 Å². The molecule has 1 amide bonds. The number of carbonyl (C=O) groups is 1. The van der Waals surface area contributed by atoms with Crippen molar-refractivity contribution in [2.45, 2.75) is 17.4 Å². The molecule has 26 heavy (non-hydrogen) atoms. The first-order valence-electron chi connectivity index (χ1n) is 8.00. The summed E-state index contributed by atoms with van der Waals surface area (Å²) in [6.07, 6.45) is 0.0829. The molecule has 0 saturated carbocycles. The van der Waals surface area contributed by atoms with Gasteiger partial charge in [-0.2, -0.15) is 11.3 Å². The summed E-state index contributed by atoms with van der Waals surface area (Å²) in [7, 11) is 0.308. The summed E-state index contributed by atoms with van der Waals surface area (Å²) in [6, 6.07) is 8.46. The van der Waals surface area contributed by atoms with Gasteiger partial charge >= 0.3 is 0 Å². The van der Waals surface area contributed by atoms with E-state index in [-0.39, 0.29) is 29.8 Å². The van der Waals surface area contributed by atoms with Crippen LogP contribution in [0.4, 0.5) is 0 Å². The van der Waals surface area contributed by atoms with Crippen molar-refractivity contribution in [1.82, 2.24) is 14.9 Å². The Balaban J connectivity index is 1.80. The molecule has 0 spiro atoms. The van der Waals surface area contributed by atoms with E-state index in [1.165, 1.54) is 12.1 Å². The number of nitrogens with zero attached hydrogens (tertiary/aromatic N) is 1. The summed E-state index contributed by atoms with van der Waals surface area (Å²) in [6.45, 7) is 0.525.